The van der Waals surface area contributed by atoms with Gasteiger partial charge in [-0.3, -0.25) is 9.78 Å². The van der Waals surface area contributed by atoms with Gasteiger partial charge in [0.15, 0.2) is 5.82 Å². The van der Waals surface area contributed by atoms with Crippen molar-refractivity contribution >= 4 is 16.8 Å². The number of carbonyl (C=O) groups excluding carboxylic acids is 1. The second-order valence-electron chi connectivity index (χ2n) is 6.74. The maximum absolute atomic E-state index is 12.5. The maximum atomic E-state index is 12.5. The summed E-state index contributed by atoms with van der Waals surface area (Å²) in [5.41, 5.74) is 1.45. The SMILES string of the molecule is CC(C)(NC(=O)c1ccccc1)c1noc(-c2cccc3ncccc23)n1. The molecule has 4 rings (SSSR count). The lowest BCUT2D eigenvalue weighted by atomic mass is 10.0. The summed E-state index contributed by atoms with van der Waals surface area (Å²) in [6, 6.07) is 18.6. The minimum Gasteiger partial charge on any atom is -0.340 e. The lowest BCUT2D eigenvalue weighted by Crippen LogP contribution is -2.41. The van der Waals surface area contributed by atoms with Gasteiger partial charge in [-0.2, -0.15) is 4.98 Å². The Bertz CT molecular complexity index is 1100. The molecule has 0 fully saturated rings. The van der Waals surface area contributed by atoms with Crippen LogP contribution in [0.4, 0.5) is 0 Å². The summed E-state index contributed by atoms with van der Waals surface area (Å²) >= 11 is 0. The Hall–Kier alpha value is -3.54. The topological polar surface area (TPSA) is 80.9 Å². The van der Waals surface area contributed by atoms with Crippen LogP contribution >= 0.6 is 0 Å². The summed E-state index contributed by atoms with van der Waals surface area (Å²) in [4.78, 5) is 21.4. The molecule has 2 heterocycles. The van der Waals surface area contributed by atoms with E-state index in [0.717, 1.165) is 16.5 Å². The highest BCUT2D eigenvalue weighted by molar-refractivity contribution is 5.94. The van der Waals surface area contributed by atoms with E-state index in [2.05, 4.69) is 20.4 Å². The third kappa shape index (κ3) is 3.29. The van der Waals surface area contributed by atoms with Crippen molar-refractivity contribution in [3.63, 3.8) is 0 Å². The highest BCUT2D eigenvalue weighted by Gasteiger charge is 2.29. The van der Waals surface area contributed by atoms with E-state index in [1.807, 2.05) is 62.4 Å². The number of amides is 1. The number of benzene rings is 2. The van der Waals surface area contributed by atoms with Crippen LogP contribution in [0.15, 0.2) is 71.4 Å². The largest absolute Gasteiger partial charge is 0.340 e. The Morgan fingerprint density at radius 1 is 1.00 bits per heavy atom. The molecule has 0 bridgehead atoms. The van der Waals surface area contributed by atoms with Crippen molar-refractivity contribution in [1.29, 1.82) is 0 Å². The number of hydrogen-bond donors (Lipinski definition) is 1. The molecule has 4 aromatic rings. The molecule has 0 radical (unpaired) electrons. The summed E-state index contributed by atoms with van der Waals surface area (Å²) in [5, 5.41) is 7.98. The summed E-state index contributed by atoms with van der Waals surface area (Å²) in [7, 11) is 0. The summed E-state index contributed by atoms with van der Waals surface area (Å²) in [6.45, 7) is 3.68. The predicted molar refractivity (Wildman–Crippen MR) is 102 cm³/mol. The van der Waals surface area contributed by atoms with E-state index in [9.17, 15) is 4.79 Å². The van der Waals surface area contributed by atoms with Gasteiger partial charge in [-0.05, 0) is 44.2 Å². The molecule has 0 unspecified atom stereocenters. The van der Waals surface area contributed by atoms with Crippen LogP contribution in [0.2, 0.25) is 0 Å². The van der Waals surface area contributed by atoms with Gasteiger partial charge in [0.1, 0.15) is 0 Å². The van der Waals surface area contributed by atoms with Crippen LogP contribution in [0.1, 0.15) is 30.0 Å². The molecule has 2 aromatic carbocycles. The Morgan fingerprint density at radius 3 is 2.63 bits per heavy atom. The third-order valence-electron chi connectivity index (χ3n) is 4.32. The van der Waals surface area contributed by atoms with Crippen molar-refractivity contribution < 1.29 is 9.32 Å². The van der Waals surface area contributed by atoms with Crippen LogP contribution in [0.3, 0.4) is 0 Å². The third-order valence-corrected chi connectivity index (χ3v) is 4.32. The maximum Gasteiger partial charge on any atom is 0.258 e. The van der Waals surface area contributed by atoms with Gasteiger partial charge in [-0.1, -0.05) is 35.5 Å². The highest BCUT2D eigenvalue weighted by Crippen LogP contribution is 2.28. The van der Waals surface area contributed by atoms with Crippen molar-refractivity contribution in [3.05, 3.63) is 78.2 Å². The van der Waals surface area contributed by atoms with Gasteiger partial charge < -0.3 is 9.84 Å². The highest BCUT2D eigenvalue weighted by atomic mass is 16.5. The molecule has 6 heteroatoms. The summed E-state index contributed by atoms with van der Waals surface area (Å²) in [6.07, 6.45) is 1.74. The molecule has 1 amide bonds. The molecule has 27 heavy (non-hydrogen) atoms. The quantitative estimate of drug-likeness (QED) is 0.597. The zero-order valence-corrected chi connectivity index (χ0v) is 15.0. The Kier molecular flexibility index (Phi) is 4.16. The Morgan fingerprint density at radius 2 is 1.81 bits per heavy atom. The van der Waals surface area contributed by atoms with Crippen molar-refractivity contribution in [2.45, 2.75) is 19.4 Å². The fourth-order valence-corrected chi connectivity index (χ4v) is 2.88. The molecule has 0 saturated carbocycles. The zero-order valence-electron chi connectivity index (χ0n) is 15.0. The second-order valence-corrected chi connectivity index (χ2v) is 6.74. The van der Waals surface area contributed by atoms with E-state index in [1.54, 1.807) is 18.3 Å². The first-order valence-electron chi connectivity index (χ1n) is 8.60. The molecule has 0 spiro atoms. The average molecular weight is 358 g/mol. The van der Waals surface area contributed by atoms with Crippen LogP contribution in [0.25, 0.3) is 22.4 Å². The van der Waals surface area contributed by atoms with Crippen molar-refractivity contribution in [2.75, 3.05) is 0 Å². The van der Waals surface area contributed by atoms with Gasteiger partial charge in [0.05, 0.1) is 11.1 Å². The smallest absolute Gasteiger partial charge is 0.258 e. The number of hydrogen-bond acceptors (Lipinski definition) is 5. The number of nitrogens with one attached hydrogen (secondary N) is 1. The van der Waals surface area contributed by atoms with E-state index in [1.165, 1.54) is 0 Å². The van der Waals surface area contributed by atoms with Gasteiger partial charge >= 0.3 is 0 Å². The second kappa shape index (κ2) is 6.64. The van der Waals surface area contributed by atoms with Crippen LogP contribution in [0, 0.1) is 0 Å². The van der Waals surface area contributed by atoms with Gasteiger partial charge in [0, 0.05) is 22.7 Å². The fraction of sp³-hybridized carbons (Fsp3) is 0.143. The zero-order chi connectivity index (χ0) is 18.9. The molecule has 134 valence electrons. The van der Waals surface area contributed by atoms with E-state index in [0.29, 0.717) is 17.3 Å². The monoisotopic (exact) mass is 358 g/mol. The summed E-state index contributed by atoms with van der Waals surface area (Å²) in [5.74, 6) is 0.606. The van der Waals surface area contributed by atoms with Crippen LogP contribution < -0.4 is 5.32 Å². The first kappa shape index (κ1) is 16.9. The first-order chi connectivity index (χ1) is 13.0. The molecule has 1 N–H and O–H groups in total. The van der Waals surface area contributed by atoms with Crippen molar-refractivity contribution in [3.8, 4) is 11.5 Å². The minimum absolute atomic E-state index is 0.193. The number of nitrogens with zero attached hydrogens (tertiary/aromatic N) is 3. The minimum atomic E-state index is -0.794. The summed E-state index contributed by atoms with van der Waals surface area (Å²) < 4.78 is 5.49. The fourth-order valence-electron chi connectivity index (χ4n) is 2.88. The average Bonchev–Trinajstić information content (AvgIpc) is 3.19. The molecule has 2 aromatic heterocycles. The van der Waals surface area contributed by atoms with Crippen LogP contribution in [0.5, 0.6) is 0 Å². The molecule has 6 nitrogen and oxygen atoms in total. The number of aromatic nitrogens is 3. The van der Waals surface area contributed by atoms with Crippen molar-refractivity contribution in [1.82, 2.24) is 20.4 Å². The van der Waals surface area contributed by atoms with Crippen LogP contribution in [-0.4, -0.2) is 21.0 Å². The molecule has 0 aliphatic heterocycles. The number of rotatable bonds is 4. The van der Waals surface area contributed by atoms with Crippen molar-refractivity contribution in [2.24, 2.45) is 0 Å². The lowest BCUT2D eigenvalue weighted by Gasteiger charge is -2.22. The molecule has 0 aliphatic rings. The predicted octanol–water partition coefficient (Wildman–Crippen LogP) is 3.95. The van der Waals surface area contributed by atoms with Crippen LogP contribution in [-0.2, 0) is 5.54 Å². The molecular weight excluding hydrogens is 340 g/mol. The number of fused-ring (bicyclic) bond motifs is 1. The normalized spacial score (nSPS) is 11.5. The number of pyridine rings is 1. The Labute approximate surface area is 156 Å². The first-order valence-corrected chi connectivity index (χ1v) is 8.60. The van der Waals surface area contributed by atoms with Gasteiger partial charge in [-0.25, -0.2) is 0 Å². The van der Waals surface area contributed by atoms with E-state index in [-0.39, 0.29) is 5.91 Å². The molecule has 0 saturated heterocycles. The van der Waals surface area contributed by atoms with Gasteiger partial charge in [0.25, 0.3) is 11.8 Å². The standard InChI is InChI=1S/C21H18N4O2/c1-21(2,24-18(26)14-8-4-3-5-9-14)20-23-19(27-25-20)16-10-6-12-17-15(16)11-7-13-22-17/h3-13H,1-2H3,(H,24,26). The van der Waals surface area contributed by atoms with E-state index in [4.69, 9.17) is 4.52 Å². The molecular formula is C21H18N4O2. The van der Waals surface area contributed by atoms with Gasteiger partial charge in [0.2, 0.25) is 0 Å². The molecule has 0 atom stereocenters. The lowest BCUT2D eigenvalue weighted by molar-refractivity contribution is 0.0907. The van der Waals surface area contributed by atoms with Gasteiger partial charge in [-0.15, -0.1) is 0 Å². The molecule has 0 aliphatic carbocycles. The van der Waals surface area contributed by atoms with E-state index < -0.39 is 5.54 Å². The number of carbonyl (C=O) groups is 1. The Balaban J connectivity index is 1.64. The van der Waals surface area contributed by atoms with E-state index >= 15 is 0 Å².